The smallest absolute Gasteiger partial charge is 0.250 e. The van der Waals surface area contributed by atoms with Gasteiger partial charge in [0.15, 0.2) is 0 Å². The monoisotopic (exact) mass is 393 g/mol. The van der Waals surface area contributed by atoms with Crippen molar-refractivity contribution in [2.45, 2.75) is 6.42 Å². The second-order valence-corrected chi connectivity index (χ2v) is 7.74. The Morgan fingerprint density at radius 3 is 2.66 bits per heavy atom. The zero-order valence-corrected chi connectivity index (χ0v) is 16.0. The Morgan fingerprint density at radius 2 is 1.90 bits per heavy atom. The van der Waals surface area contributed by atoms with Gasteiger partial charge in [-0.1, -0.05) is 23.3 Å². The lowest BCUT2D eigenvalue weighted by Gasteiger charge is -2.36. The summed E-state index contributed by atoms with van der Waals surface area (Å²) >= 11 is 0. The van der Waals surface area contributed by atoms with Crippen LogP contribution in [0.5, 0.6) is 11.5 Å². The molecule has 2 aliphatic heterocycles. The van der Waals surface area contributed by atoms with Crippen LogP contribution in [0.25, 0.3) is 5.69 Å². The molecule has 1 N–H and O–H groups in total. The first-order valence-corrected chi connectivity index (χ1v) is 9.83. The molecule has 0 spiro atoms. The molecular weight excluding hydrogens is 370 g/mol. The maximum Gasteiger partial charge on any atom is 0.250 e. The maximum absolute atomic E-state index is 10.0. The molecule has 1 aromatic heterocycles. The fraction of sp³-hybridized carbons (Fsp3) is 0.381. The van der Waals surface area contributed by atoms with Gasteiger partial charge in [-0.15, -0.1) is 0 Å². The number of hydrogen-bond acceptors (Lipinski definition) is 7. The number of aliphatic hydroxyl groups excluding tert-OH is 1. The molecule has 0 radical (unpaired) electrons. The summed E-state index contributed by atoms with van der Waals surface area (Å²) in [6.45, 7) is 2.94. The summed E-state index contributed by atoms with van der Waals surface area (Å²) in [6, 6.07) is 17.3. The van der Waals surface area contributed by atoms with E-state index in [0.29, 0.717) is 25.0 Å². The maximum atomic E-state index is 10.0. The van der Waals surface area contributed by atoms with Crippen LogP contribution < -0.4 is 9.64 Å². The molecule has 0 unspecified atom stereocenters. The number of aromatic nitrogens is 4. The zero-order chi connectivity index (χ0) is 19.7. The van der Waals surface area contributed by atoms with Crippen LogP contribution >= 0.6 is 0 Å². The Balaban J connectivity index is 1.37. The molecule has 8 heteroatoms. The van der Waals surface area contributed by atoms with Crippen molar-refractivity contribution >= 4 is 5.95 Å². The van der Waals surface area contributed by atoms with Gasteiger partial charge in [0.2, 0.25) is 5.95 Å². The Bertz CT molecular complexity index is 962. The van der Waals surface area contributed by atoms with Crippen LogP contribution in [0.1, 0.15) is 6.42 Å². The first-order valence-electron chi connectivity index (χ1n) is 9.83. The molecule has 8 nitrogen and oxygen atoms in total. The summed E-state index contributed by atoms with van der Waals surface area (Å²) in [7, 11) is 0. The number of benzene rings is 2. The highest BCUT2D eigenvalue weighted by Crippen LogP contribution is 2.42. The van der Waals surface area contributed by atoms with Crippen molar-refractivity contribution in [3.05, 3.63) is 54.6 Å². The lowest BCUT2D eigenvalue weighted by Crippen LogP contribution is -2.43. The van der Waals surface area contributed by atoms with Crippen LogP contribution in [-0.4, -0.2) is 58.2 Å². The van der Waals surface area contributed by atoms with Gasteiger partial charge in [0.1, 0.15) is 11.5 Å². The van der Waals surface area contributed by atoms with E-state index in [2.05, 4.69) is 20.4 Å². The predicted molar refractivity (Wildman–Crippen MR) is 106 cm³/mol. The first-order chi connectivity index (χ1) is 14.3. The third-order valence-corrected chi connectivity index (χ3v) is 5.92. The number of nitrogens with zero attached hydrogens (tertiary/aromatic N) is 5. The second-order valence-electron chi connectivity index (χ2n) is 7.74. The molecule has 3 aromatic rings. The number of anilines is 1. The molecule has 0 saturated carbocycles. The normalized spacial score (nSPS) is 23.8. The summed E-state index contributed by atoms with van der Waals surface area (Å²) in [5, 5.41) is 22.4. The Labute approximate surface area is 168 Å². The molecule has 3 heterocycles. The summed E-state index contributed by atoms with van der Waals surface area (Å²) < 4.78 is 13.3. The summed E-state index contributed by atoms with van der Waals surface area (Å²) in [5.74, 6) is 2.61. The minimum Gasteiger partial charge on any atom is -0.457 e. The standard InChI is InChI=1S/C21H23N5O3/c27-14-21-13-25(12-16(21)10-11-28-15-21)20-22-23-24-26(20)17-6-8-19(9-7-17)29-18-4-2-1-3-5-18/h1-9,16,27H,10-15H2/t16-,21+/m0/s1. The van der Waals surface area contributed by atoms with E-state index in [1.165, 1.54) is 0 Å². The van der Waals surface area contributed by atoms with Crippen LogP contribution in [0.2, 0.25) is 0 Å². The van der Waals surface area contributed by atoms with Gasteiger partial charge in [0.25, 0.3) is 0 Å². The molecule has 5 rings (SSSR count). The Hall–Kier alpha value is -2.97. The third kappa shape index (κ3) is 3.34. The lowest BCUT2D eigenvalue weighted by atomic mass is 9.76. The molecule has 2 fully saturated rings. The lowest BCUT2D eigenvalue weighted by molar-refractivity contribution is -0.0543. The molecule has 150 valence electrons. The average Bonchev–Trinajstić information content (AvgIpc) is 3.40. The second kappa shape index (κ2) is 7.46. The van der Waals surface area contributed by atoms with Gasteiger partial charge in [-0.05, 0) is 59.2 Å². The van der Waals surface area contributed by atoms with Crippen LogP contribution in [-0.2, 0) is 4.74 Å². The van der Waals surface area contributed by atoms with Crippen molar-refractivity contribution in [1.82, 2.24) is 20.2 Å². The van der Waals surface area contributed by atoms with Crippen molar-refractivity contribution < 1.29 is 14.6 Å². The van der Waals surface area contributed by atoms with Crippen LogP contribution in [0.4, 0.5) is 5.95 Å². The molecule has 2 aromatic carbocycles. The van der Waals surface area contributed by atoms with Crippen molar-refractivity contribution in [2.24, 2.45) is 11.3 Å². The van der Waals surface area contributed by atoms with Gasteiger partial charge in [0, 0.05) is 25.1 Å². The first kappa shape index (κ1) is 18.1. The number of hydrogen-bond donors (Lipinski definition) is 1. The number of ether oxygens (including phenoxy) is 2. The fourth-order valence-corrected chi connectivity index (χ4v) is 4.30. The van der Waals surface area contributed by atoms with Gasteiger partial charge in [-0.3, -0.25) is 0 Å². The van der Waals surface area contributed by atoms with Gasteiger partial charge in [0.05, 0.1) is 18.9 Å². The minimum absolute atomic E-state index is 0.112. The Kier molecular flexibility index (Phi) is 4.65. The SMILES string of the molecule is OC[C@]12COCC[C@H]1CN(c1nnnn1-c1ccc(Oc3ccccc3)cc1)C2. The van der Waals surface area contributed by atoms with E-state index in [4.69, 9.17) is 9.47 Å². The number of para-hydroxylation sites is 1. The highest BCUT2D eigenvalue weighted by Gasteiger charge is 2.49. The van der Waals surface area contributed by atoms with E-state index in [0.717, 1.165) is 36.8 Å². The predicted octanol–water partition coefficient (Wildman–Crippen LogP) is 2.29. The molecule has 0 amide bonds. The van der Waals surface area contributed by atoms with Crippen molar-refractivity contribution in [1.29, 1.82) is 0 Å². The number of tetrazole rings is 1. The Morgan fingerprint density at radius 1 is 1.10 bits per heavy atom. The summed E-state index contributed by atoms with van der Waals surface area (Å²) in [6.07, 6.45) is 0.949. The third-order valence-electron chi connectivity index (χ3n) is 5.92. The fourth-order valence-electron chi connectivity index (χ4n) is 4.30. The molecule has 29 heavy (non-hydrogen) atoms. The number of fused-ring (bicyclic) bond motifs is 1. The number of aliphatic hydroxyl groups is 1. The van der Waals surface area contributed by atoms with Crippen LogP contribution in [0.15, 0.2) is 54.6 Å². The molecule has 0 aliphatic carbocycles. The summed E-state index contributed by atoms with van der Waals surface area (Å²) in [4.78, 5) is 2.16. The molecule has 0 bridgehead atoms. The highest BCUT2D eigenvalue weighted by atomic mass is 16.5. The van der Waals surface area contributed by atoms with Crippen LogP contribution in [0, 0.1) is 11.3 Å². The van der Waals surface area contributed by atoms with Gasteiger partial charge < -0.3 is 19.5 Å². The highest BCUT2D eigenvalue weighted by molar-refractivity contribution is 5.45. The molecule has 2 saturated heterocycles. The summed E-state index contributed by atoms with van der Waals surface area (Å²) in [5.41, 5.74) is 0.622. The molecular formula is C21H23N5O3. The van der Waals surface area contributed by atoms with E-state index >= 15 is 0 Å². The van der Waals surface area contributed by atoms with E-state index < -0.39 is 0 Å². The van der Waals surface area contributed by atoms with Crippen molar-refractivity contribution in [2.75, 3.05) is 37.8 Å². The number of rotatable bonds is 5. The molecule has 2 atom stereocenters. The van der Waals surface area contributed by atoms with Gasteiger partial charge in [-0.2, -0.15) is 4.68 Å². The van der Waals surface area contributed by atoms with Crippen molar-refractivity contribution in [3.63, 3.8) is 0 Å². The average molecular weight is 393 g/mol. The largest absolute Gasteiger partial charge is 0.457 e. The van der Waals surface area contributed by atoms with E-state index in [1.54, 1.807) is 4.68 Å². The van der Waals surface area contributed by atoms with Gasteiger partial charge >= 0.3 is 0 Å². The zero-order valence-electron chi connectivity index (χ0n) is 16.0. The van der Waals surface area contributed by atoms with E-state index in [-0.39, 0.29) is 12.0 Å². The van der Waals surface area contributed by atoms with Gasteiger partial charge in [-0.25, -0.2) is 0 Å². The quantitative estimate of drug-likeness (QED) is 0.712. The van der Waals surface area contributed by atoms with Crippen LogP contribution in [0.3, 0.4) is 0 Å². The molecule has 2 aliphatic rings. The van der Waals surface area contributed by atoms with E-state index in [1.807, 2.05) is 54.6 Å². The van der Waals surface area contributed by atoms with E-state index in [9.17, 15) is 5.11 Å². The minimum atomic E-state index is -0.234. The topological polar surface area (TPSA) is 85.5 Å². The van der Waals surface area contributed by atoms with Crippen molar-refractivity contribution in [3.8, 4) is 17.2 Å².